The number of primary amides is 1. The average Bonchev–Trinajstić information content (AvgIpc) is 2.70. The fourth-order valence-electron chi connectivity index (χ4n) is 3.22. The van der Waals surface area contributed by atoms with Crippen molar-refractivity contribution in [3.05, 3.63) is 42.0 Å². The minimum absolute atomic E-state index is 0.232. The molecule has 0 aliphatic carbocycles. The first-order valence-electron chi connectivity index (χ1n) is 11.0. The fraction of sp³-hybridized carbons (Fsp3) is 0.500. The highest BCUT2D eigenvalue weighted by Crippen LogP contribution is 2.24. The molecular weight excluding hydrogens is 440 g/mol. The molecule has 0 saturated carbocycles. The molecule has 34 heavy (non-hydrogen) atoms. The molecule has 1 aromatic carbocycles. The van der Waals surface area contributed by atoms with Gasteiger partial charge in [-0.15, -0.1) is 0 Å². The first-order valence-corrected chi connectivity index (χ1v) is 11.0. The number of hydrogen-bond donors (Lipinski definition) is 4. The molecule has 10 nitrogen and oxygen atoms in total. The summed E-state index contributed by atoms with van der Waals surface area (Å²) in [6, 6.07) is 4.06. The zero-order valence-corrected chi connectivity index (χ0v) is 20.5. The number of nitrogens with two attached hydrogens (primary N) is 1. The Bertz CT molecular complexity index is 894. The van der Waals surface area contributed by atoms with Gasteiger partial charge in [-0.3, -0.25) is 14.4 Å². The van der Waals surface area contributed by atoms with E-state index in [0.29, 0.717) is 5.56 Å². The van der Waals surface area contributed by atoms with E-state index in [1.54, 1.807) is 65.0 Å². The molecule has 0 radical (unpaired) electrons. The second kappa shape index (κ2) is 12.7. The third-order valence-corrected chi connectivity index (χ3v) is 4.47. The predicted molar refractivity (Wildman–Crippen MR) is 128 cm³/mol. The molecule has 4 amide bonds. The average molecular weight is 477 g/mol. The molecule has 0 heterocycles. The number of aliphatic hydroxyl groups excluding tert-OH is 1. The Hall–Kier alpha value is -3.40. The summed E-state index contributed by atoms with van der Waals surface area (Å²) in [4.78, 5) is 51.9. The van der Waals surface area contributed by atoms with E-state index in [2.05, 4.69) is 17.2 Å². The minimum atomic E-state index is -1.41. The first-order chi connectivity index (χ1) is 15.8. The number of carbonyl (C=O) groups excluding carboxylic acids is 4. The highest BCUT2D eigenvalue weighted by molar-refractivity contribution is 5.94. The monoisotopic (exact) mass is 476 g/mol. The molecule has 0 bridgehead atoms. The second-order valence-corrected chi connectivity index (χ2v) is 9.06. The van der Waals surface area contributed by atoms with Gasteiger partial charge in [0.1, 0.15) is 17.7 Å². The predicted octanol–water partition coefficient (Wildman–Crippen LogP) is 1.48. The Morgan fingerprint density at radius 2 is 1.85 bits per heavy atom. The van der Waals surface area contributed by atoms with Crippen molar-refractivity contribution in [2.45, 2.75) is 64.8 Å². The van der Waals surface area contributed by atoms with E-state index in [9.17, 15) is 24.3 Å². The standard InChI is InChI=1S/C24H36N4O6/c1-7-16-9-8-10-17(13-16)20(21(31)26-15(2)3)28(11-12-29)22(32)18(14-19(25)30)27-23(33)34-24(4,5)6/h7-10,13,15,18,20,29H,1,11-12,14H2,2-6H3,(H2,25,30)(H,26,31)(H,27,33). The van der Waals surface area contributed by atoms with Crippen LogP contribution in [-0.4, -0.2) is 64.7 Å². The molecular formula is C24H36N4O6. The summed E-state index contributed by atoms with van der Waals surface area (Å²) in [5.41, 5.74) is 5.65. The molecule has 1 aromatic rings. The van der Waals surface area contributed by atoms with Gasteiger partial charge in [0.15, 0.2) is 0 Å². The van der Waals surface area contributed by atoms with Gasteiger partial charge in [-0.05, 0) is 51.8 Å². The van der Waals surface area contributed by atoms with Crippen LogP contribution in [0.1, 0.15) is 58.2 Å². The number of nitrogens with zero attached hydrogens (tertiary/aromatic N) is 1. The molecule has 0 aliphatic rings. The number of aliphatic hydroxyl groups is 1. The third-order valence-electron chi connectivity index (χ3n) is 4.47. The van der Waals surface area contributed by atoms with Gasteiger partial charge in [-0.25, -0.2) is 4.79 Å². The number of alkyl carbamates (subject to hydrolysis) is 1. The Morgan fingerprint density at radius 1 is 1.21 bits per heavy atom. The lowest BCUT2D eigenvalue weighted by Gasteiger charge is -2.34. The minimum Gasteiger partial charge on any atom is -0.444 e. The van der Waals surface area contributed by atoms with Crippen molar-refractivity contribution < 1.29 is 29.0 Å². The van der Waals surface area contributed by atoms with Crippen LogP contribution >= 0.6 is 0 Å². The number of ether oxygens (including phenoxy) is 1. The van der Waals surface area contributed by atoms with Gasteiger partial charge >= 0.3 is 6.09 Å². The van der Waals surface area contributed by atoms with Gasteiger partial charge in [0, 0.05) is 12.6 Å². The maximum Gasteiger partial charge on any atom is 0.408 e. The lowest BCUT2D eigenvalue weighted by atomic mass is 9.99. The Labute approximate surface area is 200 Å². The summed E-state index contributed by atoms with van der Waals surface area (Å²) >= 11 is 0. The Balaban J connectivity index is 3.47. The van der Waals surface area contributed by atoms with Gasteiger partial charge < -0.3 is 31.1 Å². The van der Waals surface area contributed by atoms with Crippen LogP contribution in [0.5, 0.6) is 0 Å². The second-order valence-electron chi connectivity index (χ2n) is 9.06. The number of nitrogens with one attached hydrogen (secondary N) is 2. The van der Waals surface area contributed by atoms with Crippen LogP contribution in [-0.2, 0) is 19.1 Å². The number of carbonyl (C=O) groups is 4. The van der Waals surface area contributed by atoms with Crippen molar-refractivity contribution in [2.75, 3.05) is 13.2 Å². The number of benzene rings is 1. The van der Waals surface area contributed by atoms with Crippen molar-refractivity contribution in [1.82, 2.24) is 15.5 Å². The van der Waals surface area contributed by atoms with Crippen LogP contribution in [0.4, 0.5) is 4.79 Å². The summed E-state index contributed by atoms with van der Waals surface area (Å²) in [6.07, 6.45) is 0.150. The van der Waals surface area contributed by atoms with E-state index in [-0.39, 0.29) is 12.6 Å². The van der Waals surface area contributed by atoms with Crippen molar-refractivity contribution in [3.8, 4) is 0 Å². The molecule has 0 aliphatic heterocycles. The number of hydrogen-bond acceptors (Lipinski definition) is 6. The van der Waals surface area contributed by atoms with Crippen LogP contribution < -0.4 is 16.4 Å². The summed E-state index contributed by atoms with van der Waals surface area (Å²) in [6.45, 7) is 11.5. The molecule has 188 valence electrons. The molecule has 0 spiro atoms. The topological polar surface area (TPSA) is 151 Å². The maximum atomic E-state index is 13.6. The zero-order valence-electron chi connectivity index (χ0n) is 20.5. The van der Waals surface area contributed by atoms with Gasteiger partial charge in [0.2, 0.25) is 17.7 Å². The maximum absolute atomic E-state index is 13.6. The number of rotatable bonds is 11. The summed E-state index contributed by atoms with van der Waals surface area (Å²) < 4.78 is 5.20. The van der Waals surface area contributed by atoms with E-state index in [1.165, 1.54) is 0 Å². The first kappa shape index (κ1) is 28.6. The smallest absolute Gasteiger partial charge is 0.408 e. The zero-order chi connectivity index (χ0) is 26.1. The molecule has 2 unspecified atom stereocenters. The van der Waals surface area contributed by atoms with Crippen LogP contribution in [0.25, 0.3) is 6.08 Å². The summed E-state index contributed by atoms with van der Waals surface area (Å²) in [5.74, 6) is -2.10. The molecule has 0 saturated heterocycles. The summed E-state index contributed by atoms with van der Waals surface area (Å²) in [7, 11) is 0. The van der Waals surface area contributed by atoms with Crippen LogP contribution in [0.15, 0.2) is 30.8 Å². The van der Waals surface area contributed by atoms with Crippen molar-refractivity contribution in [1.29, 1.82) is 0 Å². The van der Waals surface area contributed by atoms with E-state index in [4.69, 9.17) is 10.5 Å². The SMILES string of the molecule is C=Cc1cccc(C(C(=O)NC(C)C)N(CCO)C(=O)C(CC(N)=O)NC(=O)OC(C)(C)C)c1. The lowest BCUT2D eigenvalue weighted by molar-refractivity contribution is -0.144. The van der Waals surface area contributed by atoms with Gasteiger partial charge in [0.25, 0.3) is 0 Å². The molecule has 10 heteroatoms. The van der Waals surface area contributed by atoms with Gasteiger partial charge in [-0.1, -0.05) is 30.9 Å². The van der Waals surface area contributed by atoms with Crippen molar-refractivity contribution in [3.63, 3.8) is 0 Å². The molecule has 1 rings (SSSR count). The normalized spacial score (nSPS) is 12.9. The van der Waals surface area contributed by atoms with E-state index in [0.717, 1.165) is 10.5 Å². The highest BCUT2D eigenvalue weighted by Gasteiger charge is 2.37. The lowest BCUT2D eigenvalue weighted by Crippen LogP contribution is -2.55. The van der Waals surface area contributed by atoms with E-state index >= 15 is 0 Å². The molecule has 0 fully saturated rings. The van der Waals surface area contributed by atoms with Gasteiger partial charge in [0.05, 0.1) is 13.0 Å². The Morgan fingerprint density at radius 3 is 2.35 bits per heavy atom. The largest absolute Gasteiger partial charge is 0.444 e. The summed E-state index contributed by atoms with van der Waals surface area (Å²) in [5, 5.41) is 14.8. The Kier molecular flexibility index (Phi) is 10.7. The quantitative estimate of drug-likeness (QED) is 0.380. The fourth-order valence-corrected chi connectivity index (χ4v) is 3.22. The van der Waals surface area contributed by atoms with Crippen LogP contribution in [0.3, 0.4) is 0 Å². The highest BCUT2D eigenvalue weighted by atomic mass is 16.6. The molecule has 2 atom stereocenters. The van der Waals surface area contributed by atoms with Gasteiger partial charge in [-0.2, -0.15) is 0 Å². The molecule has 5 N–H and O–H groups in total. The number of amides is 4. The van der Waals surface area contributed by atoms with Crippen LogP contribution in [0, 0.1) is 0 Å². The van der Waals surface area contributed by atoms with Crippen LogP contribution in [0.2, 0.25) is 0 Å². The van der Waals surface area contributed by atoms with Crippen molar-refractivity contribution in [2.24, 2.45) is 5.73 Å². The molecule has 0 aromatic heterocycles. The van der Waals surface area contributed by atoms with E-state index in [1.807, 2.05) is 0 Å². The van der Waals surface area contributed by atoms with E-state index < -0.39 is 54.5 Å². The van der Waals surface area contributed by atoms with Crippen molar-refractivity contribution >= 4 is 29.9 Å². The third kappa shape index (κ3) is 9.22.